The average molecular weight is 221 g/mol. The lowest BCUT2D eigenvalue weighted by Gasteiger charge is -2.05. The molecule has 1 N–H and O–H groups in total. The Labute approximate surface area is 94.4 Å². The Bertz CT molecular complexity index is 402. The van der Waals surface area contributed by atoms with Crippen molar-refractivity contribution < 1.29 is 4.92 Å². The maximum absolute atomic E-state index is 10.8. The predicted octanol–water partition coefficient (Wildman–Crippen LogP) is 2.68. The molecular formula is C11H15N3O2. The van der Waals surface area contributed by atoms with Crippen LogP contribution >= 0.6 is 0 Å². The normalized spacial score (nSPS) is 10.6. The van der Waals surface area contributed by atoms with Crippen molar-refractivity contribution in [3.8, 4) is 0 Å². The van der Waals surface area contributed by atoms with E-state index < -0.39 is 4.92 Å². The number of pyridine rings is 1. The number of hydrogen-bond acceptors (Lipinski definition) is 4. The van der Waals surface area contributed by atoms with Crippen molar-refractivity contribution in [3.63, 3.8) is 0 Å². The minimum Gasteiger partial charge on any atom is -0.364 e. The Morgan fingerprint density at radius 1 is 1.62 bits per heavy atom. The van der Waals surface area contributed by atoms with E-state index in [0.717, 1.165) is 6.42 Å². The van der Waals surface area contributed by atoms with Gasteiger partial charge in [0, 0.05) is 18.3 Å². The largest absolute Gasteiger partial charge is 0.364 e. The van der Waals surface area contributed by atoms with E-state index in [4.69, 9.17) is 0 Å². The summed E-state index contributed by atoms with van der Waals surface area (Å²) < 4.78 is 0. The highest BCUT2D eigenvalue weighted by Crippen LogP contribution is 2.25. The summed E-state index contributed by atoms with van der Waals surface area (Å²) in [6.45, 7) is 4.28. The zero-order valence-corrected chi connectivity index (χ0v) is 9.43. The van der Waals surface area contributed by atoms with Gasteiger partial charge in [0.15, 0.2) is 0 Å². The molecule has 0 aromatic carbocycles. The number of aromatic nitrogens is 1. The molecule has 5 nitrogen and oxygen atoms in total. The molecule has 86 valence electrons. The molecule has 1 rings (SSSR count). The number of hydrogen-bond donors (Lipinski definition) is 1. The van der Waals surface area contributed by atoms with Gasteiger partial charge in [0.1, 0.15) is 0 Å². The second kappa shape index (κ2) is 5.85. The molecule has 0 aliphatic heterocycles. The molecule has 0 amide bonds. The van der Waals surface area contributed by atoms with Crippen LogP contribution in [0.4, 0.5) is 11.5 Å². The molecule has 0 unspecified atom stereocenters. The molecule has 0 spiro atoms. The van der Waals surface area contributed by atoms with E-state index in [2.05, 4.69) is 10.3 Å². The molecular weight excluding hydrogens is 206 g/mol. The van der Waals surface area contributed by atoms with Crippen LogP contribution in [0.15, 0.2) is 24.4 Å². The van der Waals surface area contributed by atoms with E-state index in [1.807, 2.05) is 19.1 Å². The van der Waals surface area contributed by atoms with Crippen LogP contribution in [0.5, 0.6) is 0 Å². The number of anilines is 1. The van der Waals surface area contributed by atoms with E-state index in [0.29, 0.717) is 17.9 Å². The molecule has 0 atom stereocenters. The standard InChI is InChI=1S/C11H15N3O2/c1-3-4-5-7-12-11-10(14(15)16)9(2)6-8-13-11/h3-4,6,8H,5,7H2,1-2H3,(H,12,13)/b4-3+. The van der Waals surface area contributed by atoms with Gasteiger partial charge in [0.25, 0.3) is 0 Å². The van der Waals surface area contributed by atoms with Crippen LogP contribution in [0.25, 0.3) is 0 Å². The monoisotopic (exact) mass is 221 g/mol. The van der Waals surface area contributed by atoms with Crippen molar-refractivity contribution in [1.82, 2.24) is 4.98 Å². The fourth-order valence-corrected chi connectivity index (χ4v) is 1.35. The van der Waals surface area contributed by atoms with Crippen LogP contribution in [-0.2, 0) is 0 Å². The highest BCUT2D eigenvalue weighted by molar-refractivity contribution is 5.59. The zero-order valence-electron chi connectivity index (χ0n) is 9.43. The summed E-state index contributed by atoms with van der Waals surface area (Å²) in [5, 5.41) is 13.8. The summed E-state index contributed by atoms with van der Waals surface area (Å²) in [4.78, 5) is 14.4. The summed E-state index contributed by atoms with van der Waals surface area (Å²) in [7, 11) is 0. The topological polar surface area (TPSA) is 68.1 Å². The van der Waals surface area contributed by atoms with E-state index >= 15 is 0 Å². The number of aryl methyl sites for hydroxylation is 1. The summed E-state index contributed by atoms with van der Waals surface area (Å²) in [5.74, 6) is 0.342. The van der Waals surface area contributed by atoms with Crippen molar-refractivity contribution >= 4 is 11.5 Å². The van der Waals surface area contributed by atoms with Crippen LogP contribution in [0, 0.1) is 17.0 Å². The minimum atomic E-state index is -0.402. The molecule has 0 bridgehead atoms. The third kappa shape index (κ3) is 3.05. The number of allylic oxidation sites excluding steroid dienone is 1. The molecule has 1 heterocycles. The third-order valence-corrected chi connectivity index (χ3v) is 2.15. The molecule has 0 fully saturated rings. The van der Waals surface area contributed by atoms with Gasteiger partial charge in [-0.25, -0.2) is 4.98 Å². The van der Waals surface area contributed by atoms with Gasteiger partial charge >= 0.3 is 5.69 Å². The number of rotatable bonds is 5. The van der Waals surface area contributed by atoms with Gasteiger partial charge in [-0.1, -0.05) is 12.2 Å². The molecule has 0 aliphatic carbocycles. The molecule has 0 aliphatic rings. The smallest absolute Gasteiger partial charge is 0.314 e. The molecule has 1 aromatic rings. The molecule has 0 saturated heterocycles. The molecule has 0 saturated carbocycles. The van der Waals surface area contributed by atoms with Gasteiger partial charge in [-0.05, 0) is 26.3 Å². The van der Waals surface area contributed by atoms with Crippen molar-refractivity contribution in [2.75, 3.05) is 11.9 Å². The van der Waals surface area contributed by atoms with E-state index in [-0.39, 0.29) is 5.69 Å². The van der Waals surface area contributed by atoms with Crippen molar-refractivity contribution in [2.24, 2.45) is 0 Å². The van der Waals surface area contributed by atoms with Gasteiger partial charge in [-0.2, -0.15) is 0 Å². The van der Waals surface area contributed by atoms with Crippen molar-refractivity contribution in [3.05, 3.63) is 40.1 Å². The summed E-state index contributed by atoms with van der Waals surface area (Å²) >= 11 is 0. The Morgan fingerprint density at radius 2 is 2.38 bits per heavy atom. The number of nitro groups is 1. The van der Waals surface area contributed by atoms with Crippen molar-refractivity contribution in [2.45, 2.75) is 20.3 Å². The van der Waals surface area contributed by atoms with Gasteiger partial charge < -0.3 is 5.32 Å². The van der Waals surface area contributed by atoms with E-state index in [9.17, 15) is 10.1 Å². The lowest BCUT2D eigenvalue weighted by atomic mass is 10.2. The second-order valence-electron chi connectivity index (χ2n) is 3.37. The SMILES string of the molecule is C/C=C/CCNc1nccc(C)c1[N+](=O)[O-]. The molecule has 1 aromatic heterocycles. The Morgan fingerprint density at radius 3 is 3.00 bits per heavy atom. The lowest BCUT2D eigenvalue weighted by Crippen LogP contribution is -2.06. The fourth-order valence-electron chi connectivity index (χ4n) is 1.35. The maximum Gasteiger partial charge on any atom is 0.314 e. The molecule has 16 heavy (non-hydrogen) atoms. The first-order valence-corrected chi connectivity index (χ1v) is 5.12. The number of nitrogens with one attached hydrogen (secondary N) is 1. The Balaban J connectivity index is 2.79. The first kappa shape index (κ1) is 12.2. The van der Waals surface area contributed by atoms with Gasteiger partial charge in [0.2, 0.25) is 5.82 Å². The van der Waals surface area contributed by atoms with E-state index in [1.54, 1.807) is 19.2 Å². The second-order valence-corrected chi connectivity index (χ2v) is 3.37. The van der Waals surface area contributed by atoms with Crippen LogP contribution in [-0.4, -0.2) is 16.5 Å². The average Bonchev–Trinajstić information content (AvgIpc) is 2.24. The fraction of sp³-hybridized carbons (Fsp3) is 0.364. The quantitative estimate of drug-likeness (QED) is 0.359. The molecule has 5 heteroatoms. The van der Waals surface area contributed by atoms with Crippen LogP contribution in [0.3, 0.4) is 0 Å². The van der Waals surface area contributed by atoms with Gasteiger partial charge in [0.05, 0.1) is 4.92 Å². The summed E-state index contributed by atoms with van der Waals surface area (Å²) in [5.41, 5.74) is 0.677. The lowest BCUT2D eigenvalue weighted by molar-refractivity contribution is -0.384. The maximum atomic E-state index is 10.8. The highest BCUT2D eigenvalue weighted by Gasteiger charge is 2.17. The summed E-state index contributed by atoms with van der Waals surface area (Å²) in [6.07, 6.45) is 6.33. The van der Waals surface area contributed by atoms with Gasteiger partial charge in [-0.15, -0.1) is 0 Å². The third-order valence-electron chi connectivity index (χ3n) is 2.15. The van der Waals surface area contributed by atoms with Crippen LogP contribution in [0.2, 0.25) is 0 Å². The van der Waals surface area contributed by atoms with Crippen LogP contribution < -0.4 is 5.32 Å². The highest BCUT2D eigenvalue weighted by atomic mass is 16.6. The minimum absolute atomic E-state index is 0.0583. The summed E-state index contributed by atoms with van der Waals surface area (Å²) in [6, 6.07) is 1.63. The zero-order chi connectivity index (χ0) is 12.0. The van der Waals surface area contributed by atoms with E-state index in [1.165, 1.54) is 0 Å². The van der Waals surface area contributed by atoms with Crippen molar-refractivity contribution in [1.29, 1.82) is 0 Å². The molecule has 0 radical (unpaired) electrons. The van der Waals surface area contributed by atoms with Crippen LogP contribution in [0.1, 0.15) is 18.9 Å². The van der Waals surface area contributed by atoms with Gasteiger partial charge in [-0.3, -0.25) is 10.1 Å². The first-order valence-electron chi connectivity index (χ1n) is 5.12. The number of nitrogens with zero attached hydrogens (tertiary/aromatic N) is 2. The predicted molar refractivity (Wildman–Crippen MR) is 63.5 cm³/mol. The Hall–Kier alpha value is -1.91. The Kier molecular flexibility index (Phi) is 4.44. The first-order chi connectivity index (χ1) is 7.66.